The van der Waals surface area contributed by atoms with Gasteiger partial charge in [0.25, 0.3) is 0 Å². The van der Waals surface area contributed by atoms with Crippen molar-refractivity contribution in [1.29, 1.82) is 0 Å². The summed E-state index contributed by atoms with van der Waals surface area (Å²) in [4.78, 5) is 0. The first-order chi connectivity index (χ1) is 5.77. The lowest BCUT2D eigenvalue weighted by Crippen LogP contribution is -2.11. The molecular formula is C11H13N. The maximum absolute atomic E-state index is 5.24. The van der Waals surface area contributed by atoms with E-state index in [2.05, 4.69) is 30.3 Å². The lowest BCUT2D eigenvalue weighted by molar-refractivity contribution is 0.652. The summed E-state index contributed by atoms with van der Waals surface area (Å²) in [5.74, 6) is 2.59. The second-order valence-electron chi connectivity index (χ2n) is 2.78. The topological polar surface area (TPSA) is 12.0 Å². The molecule has 0 fully saturated rings. The summed E-state index contributed by atoms with van der Waals surface area (Å²) in [6.45, 7) is 2.12. The molecule has 0 heterocycles. The molecule has 12 heavy (non-hydrogen) atoms. The molecule has 0 aliphatic rings. The summed E-state index contributed by atoms with van der Waals surface area (Å²) in [7, 11) is 1.94. The fourth-order valence-electron chi connectivity index (χ4n) is 1.03. The summed E-state index contributed by atoms with van der Waals surface area (Å²) < 4.78 is 0. The zero-order chi connectivity index (χ0) is 8.97. The molecule has 1 heteroatoms. The Morgan fingerprint density at radius 2 is 1.92 bits per heavy atom. The van der Waals surface area contributed by atoms with Gasteiger partial charge in [-0.25, -0.2) is 0 Å². The average Bonchev–Trinajstić information content (AvgIpc) is 2.17. The summed E-state index contributed by atoms with van der Waals surface area (Å²) in [6, 6.07) is 8.41. The van der Waals surface area contributed by atoms with Crippen LogP contribution in [0.2, 0.25) is 0 Å². The number of hydrogen-bond donors (Lipinski definition) is 1. The Morgan fingerprint density at radius 3 is 2.33 bits per heavy atom. The number of rotatable bonds is 2. The predicted octanol–water partition coefficient (Wildman–Crippen LogP) is 1.95. The SMILES string of the molecule is C#Cc1ccc(C(C)NC)cc1. The van der Waals surface area contributed by atoms with E-state index in [1.807, 2.05) is 19.2 Å². The minimum atomic E-state index is 0.386. The number of benzene rings is 1. The number of nitrogens with one attached hydrogen (secondary N) is 1. The maximum Gasteiger partial charge on any atom is 0.0289 e. The molecule has 1 rings (SSSR count). The van der Waals surface area contributed by atoms with E-state index in [9.17, 15) is 0 Å². The van der Waals surface area contributed by atoms with Crippen molar-refractivity contribution in [1.82, 2.24) is 5.32 Å². The monoisotopic (exact) mass is 159 g/mol. The minimum absolute atomic E-state index is 0.386. The molecule has 0 amide bonds. The Balaban J connectivity index is 2.86. The molecule has 1 aromatic rings. The zero-order valence-electron chi connectivity index (χ0n) is 7.46. The Labute approximate surface area is 73.8 Å². The fraction of sp³-hybridized carbons (Fsp3) is 0.273. The van der Waals surface area contributed by atoms with Gasteiger partial charge < -0.3 is 5.32 Å². The molecule has 0 radical (unpaired) electrons. The van der Waals surface area contributed by atoms with Crippen LogP contribution in [0.4, 0.5) is 0 Å². The molecule has 0 saturated heterocycles. The van der Waals surface area contributed by atoms with Crippen molar-refractivity contribution in [3.63, 3.8) is 0 Å². The predicted molar refractivity (Wildman–Crippen MR) is 51.9 cm³/mol. The summed E-state index contributed by atoms with van der Waals surface area (Å²) >= 11 is 0. The highest BCUT2D eigenvalue weighted by Crippen LogP contribution is 2.11. The molecule has 1 atom stereocenters. The molecule has 0 spiro atoms. The third kappa shape index (κ3) is 1.87. The highest BCUT2D eigenvalue weighted by atomic mass is 14.8. The minimum Gasteiger partial charge on any atom is -0.313 e. The van der Waals surface area contributed by atoms with E-state index in [4.69, 9.17) is 6.42 Å². The van der Waals surface area contributed by atoms with Crippen LogP contribution < -0.4 is 5.32 Å². The van der Waals surface area contributed by atoms with Crippen molar-refractivity contribution in [2.75, 3.05) is 7.05 Å². The average molecular weight is 159 g/mol. The summed E-state index contributed by atoms with van der Waals surface area (Å²) in [5, 5.41) is 3.17. The quantitative estimate of drug-likeness (QED) is 0.650. The molecule has 0 saturated carbocycles. The van der Waals surface area contributed by atoms with Crippen LogP contribution in [0.3, 0.4) is 0 Å². The van der Waals surface area contributed by atoms with Gasteiger partial charge in [-0.3, -0.25) is 0 Å². The van der Waals surface area contributed by atoms with Gasteiger partial charge in [-0.2, -0.15) is 0 Å². The number of terminal acetylenes is 1. The first-order valence-electron chi connectivity index (χ1n) is 4.01. The molecule has 0 aromatic heterocycles. The van der Waals surface area contributed by atoms with Crippen LogP contribution in [-0.2, 0) is 0 Å². The highest BCUT2D eigenvalue weighted by Gasteiger charge is 1.99. The standard InChI is InChI=1S/C11H13N/c1-4-10-5-7-11(8-6-10)9(2)12-3/h1,5-9,12H,2-3H3. The molecule has 1 aromatic carbocycles. The van der Waals surface area contributed by atoms with Crippen LogP contribution in [0.5, 0.6) is 0 Å². The largest absolute Gasteiger partial charge is 0.313 e. The second-order valence-corrected chi connectivity index (χ2v) is 2.78. The Morgan fingerprint density at radius 1 is 1.33 bits per heavy atom. The maximum atomic E-state index is 5.24. The van der Waals surface area contributed by atoms with Crippen LogP contribution in [0.1, 0.15) is 24.1 Å². The summed E-state index contributed by atoms with van der Waals surface area (Å²) in [6.07, 6.45) is 5.24. The van der Waals surface area contributed by atoms with E-state index in [1.54, 1.807) is 0 Å². The zero-order valence-corrected chi connectivity index (χ0v) is 7.46. The van der Waals surface area contributed by atoms with Crippen LogP contribution in [0.15, 0.2) is 24.3 Å². The lowest BCUT2D eigenvalue weighted by Gasteiger charge is -2.09. The van der Waals surface area contributed by atoms with Gasteiger partial charge in [-0.15, -0.1) is 6.42 Å². The van der Waals surface area contributed by atoms with Gasteiger partial charge in [0, 0.05) is 11.6 Å². The van der Waals surface area contributed by atoms with Gasteiger partial charge in [-0.1, -0.05) is 18.1 Å². The molecule has 1 unspecified atom stereocenters. The first kappa shape index (κ1) is 8.83. The van der Waals surface area contributed by atoms with E-state index >= 15 is 0 Å². The third-order valence-electron chi connectivity index (χ3n) is 2.01. The van der Waals surface area contributed by atoms with E-state index in [1.165, 1.54) is 5.56 Å². The van der Waals surface area contributed by atoms with Crippen molar-refractivity contribution in [2.24, 2.45) is 0 Å². The van der Waals surface area contributed by atoms with Crippen molar-refractivity contribution >= 4 is 0 Å². The second kappa shape index (κ2) is 3.94. The fourth-order valence-corrected chi connectivity index (χ4v) is 1.03. The van der Waals surface area contributed by atoms with Crippen molar-refractivity contribution < 1.29 is 0 Å². The van der Waals surface area contributed by atoms with Gasteiger partial charge >= 0.3 is 0 Å². The molecule has 0 bridgehead atoms. The molecule has 1 nitrogen and oxygen atoms in total. The van der Waals surface area contributed by atoms with E-state index in [0.717, 1.165) is 5.56 Å². The van der Waals surface area contributed by atoms with Crippen LogP contribution in [0, 0.1) is 12.3 Å². The Bertz CT molecular complexity index is 279. The molecular weight excluding hydrogens is 146 g/mol. The van der Waals surface area contributed by atoms with Gasteiger partial charge in [0.15, 0.2) is 0 Å². The third-order valence-corrected chi connectivity index (χ3v) is 2.01. The van der Waals surface area contributed by atoms with Gasteiger partial charge in [0.05, 0.1) is 0 Å². The van der Waals surface area contributed by atoms with E-state index < -0.39 is 0 Å². The van der Waals surface area contributed by atoms with Crippen molar-refractivity contribution in [2.45, 2.75) is 13.0 Å². The van der Waals surface area contributed by atoms with Crippen molar-refractivity contribution in [3.05, 3.63) is 35.4 Å². The molecule has 62 valence electrons. The Hall–Kier alpha value is -1.26. The van der Waals surface area contributed by atoms with Gasteiger partial charge in [0.1, 0.15) is 0 Å². The van der Waals surface area contributed by atoms with Gasteiger partial charge in [-0.05, 0) is 31.7 Å². The summed E-state index contributed by atoms with van der Waals surface area (Å²) in [5.41, 5.74) is 2.19. The first-order valence-corrected chi connectivity index (χ1v) is 4.01. The highest BCUT2D eigenvalue weighted by molar-refractivity contribution is 5.34. The smallest absolute Gasteiger partial charge is 0.0289 e. The number of hydrogen-bond acceptors (Lipinski definition) is 1. The lowest BCUT2D eigenvalue weighted by atomic mass is 10.1. The van der Waals surface area contributed by atoms with Crippen molar-refractivity contribution in [3.8, 4) is 12.3 Å². The Kier molecular flexibility index (Phi) is 2.90. The van der Waals surface area contributed by atoms with Crippen LogP contribution >= 0.6 is 0 Å². The van der Waals surface area contributed by atoms with E-state index in [-0.39, 0.29) is 0 Å². The van der Waals surface area contributed by atoms with Crippen LogP contribution in [-0.4, -0.2) is 7.05 Å². The van der Waals surface area contributed by atoms with E-state index in [0.29, 0.717) is 6.04 Å². The molecule has 1 N–H and O–H groups in total. The van der Waals surface area contributed by atoms with Gasteiger partial charge in [0.2, 0.25) is 0 Å². The van der Waals surface area contributed by atoms with Crippen LogP contribution in [0.25, 0.3) is 0 Å². The molecule has 0 aliphatic carbocycles. The normalized spacial score (nSPS) is 12.1. The molecule has 0 aliphatic heterocycles.